The van der Waals surface area contributed by atoms with Crippen molar-refractivity contribution in [2.45, 2.75) is 19.1 Å². The van der Waals surface area contributed by atoms with Crippen LogP contribution in [0.2, 0.25) is 0 Å². The Labute approximate surface area is 155 Å². The zero-order chi connectivity index (χ0) is 18.7. The molecule has 7 nitrogen and oxygen atoms in total. The van der Waals surface area contributed by atoms with Crippen LogP contribution in [-0.2, 0) is 0 Å². The number of aromatic nitrogens is 3. The minimum atomic E-state index is 0.0164. The van der Waals surface area contributed by atoms with E-state index in [9.17, 15) is 4.79 Å². The topological polar surface area (TPSA) is 90.2 Å². The SMILES string of the molecule is COc1ccc(-c2nnc(SCC(=O)c3cc(C)[nH]c3C)o2)cc1OC. The van der Waals surface area contributed by atoms with Gasteiger partial charge in [-0.1, -0.05) is 11.8 Å². The first-order chi connectivity index (χ1) is 12.5. The largest absolute Gasteiger partial charge is 0.493 e. The molecule has 3 rings (SSSR count). The van der Waals surface area contributed by atoms with Gasteiger partial charge in [0.1, 0.15) is 0 Å². The number of carbonyl (C=O) groups excluding carboxylic acids is 1. The Hall–Kier alpha value is -2.74. The minimum absolute atomic E-state index is 0.0164. The van der Waals surface area contributed by atoms with Gasteiger partial charge < -0.3 is 18.9 Å². The van der Waals surface area contributed by atoms with Crippen LogP contribution in [0.5, 0.6) is 11.5 Å². The lowest BCUT2D eigenvalue weighted by atomic mass is 10.2. The van der Waals surface area contributed by atoms with E-state index in [0.717, 1.165) is 11.4 Å². The van der Waals surface area contributed by atoms with Crippen LogP contribution in [0.15, 0.2) is 33.9 Å². The normalized spacial score (nSPS) is 10.8. The molecule has 0 radical (unpaired) electrons. The van der Waals surface area contributed by atoms with Crippen molar-refractivity contribution in [1.29, 1.82) is 0 Å². The van der Waals surface area contributed by atoms with Crippen molar-refractivity contribution in [3.8, 4) is 23.0 Å². The number of hydrogen-bond donors (Lipinski definition) is 1. The minimum Gasteiger partial charge on any atom is -0.493 e. The van der Waals surface area contributed by atoms with Crippen LogP contribution < -0.4 is 9.47 Å². The van der Waals surface area contributed by atoms with E-state index in [4.69, 9.17) is 13.9 Å². The monoisotopic (exact) mass is 373 g/mol. The molecule has 0 amide bonds. The second-order valence-electron chi connectivity index (χ2n) is 5.65. The van der Waals surface area contributed by atoms with Crippen molar-refractivity contribution in [3.05, 3.63) is 41.2 Å². The number of H-pyrrole nitrogens is 1. The first kappa shape index (κ1) is 18.1. The molecule has 0 saturated heterocycles. The molecule has 0 spiro atoms. The molecule has 1 N–H and O–H groups in total. The molecule has 0 aliphatic rings. The molecule has 2 aromatic heterocycles. The molecule has 0 atom stereocenters. The number of aromatic amines is 1. The highest BCUT2D eigenvalue weighted by atomic mass is 32.2. The highest BCUT2D eigenvalue weighted by molar-refractivity contribution is 7.99. The number of Topliss-reactive ketones (excluding diaryl/α,β-unsaturated/α-hetero) is 1. The molecule has 0 fully saturated rings. The third-order valence-electron chi connectivity index (χ3n) is 3.81. The van der Waals surface area contributed by atoms with Crippen molar-refractivity contribution in [2.24, 2.45) is 0 Å². The van der Waals surface area contributed by atoms with Gasteiger partial charge in [-0.2, -0.15) is 0 Å². The summed E-state index contributed by atoms with van der Waals surface area (Å²) in [7, 11) is 3.14. The summed E-state index contributed by atoms with van der Waals surface area (Å²) in [5, 5.41) is 8.38. The lowest BCUT2D eigenvalue weighted by molar-refractivity contribution is 0.102. The highest BCUT2D eigenvalue weighted by Crippen LogP contribution is 2.32. The number of carbonyl (C=O) groups is 1. The molecular weight excluding hydrogens is 354 g/mol. The summed E-state index contributed by atoms with van der Waals surface area (Å²) in [5.41, 5.74) is 3.23. The smallest absolute Gasteiger partial charge is 0.277 e. The third-order valence-corrected chi connectivity index (χ3v) is 4.63. The number of methoxy groups -OCH3 is 2. The number of hydrogen-bond acceptors (Lipinski definition) is 7. The van der Waals surface area contributed by atoms with Gasteiger partial charge in [-0.25, -0.2) is 0 Å². The zero-order valence-corrected chi connectivity index (χ0v) is 15.8. The Morgan fingerprint density at radius 3 is 2.58 bits per heavy atom. The van der Waals surface area contributed by atoms with Crippen LogP contribution in [0.3, 0.4) is 0 Å². The summed E-state index contributed by atoms with van der Waals surface area (Å²) in [4.78, 5) is 15.5. The number of ketones is 1. The van der Waals surface area contributed by atoms with E-state index in [2.05, 4.69) is 15.2 Å². The molecule has 1 aromatic carbocycles. The molecule has 0 aliphatic carbocycles. The van der Waals surface area contributed by atoms with Gasteiger partial charge in [-0.05, 0) is 38.1 Å². The van der Waals surface area contributed by atoms with Crippen molar-refractivity contribution in [2.75, 3.05) is 20.0 Å². The predicted octanol–water partition coefficient (Wildman–Crippen LogP) is 3.67. The molecule has 0 unspecified atom stereocenters. The van der Waals surface area contributed by atoms with Crippen LogP contribution >= 0.6 is 11.8 Å². The van der Waals surface area contributed by atoms with Gasteiger partial charge in [0.15, 0.2) is 17.3 Å². The van der Waals surface area contributed by atoms with Gasteiger partial charge in [0.25, 0.3) is 5.22 Å². The van der Waals surface area contributed by atoms with Crippen molar-refractivity contribution in [1.82, 2.24) is 15.2 Å². The fraction of sp³-hybridized carbons (Fsp3) is 0.278. The number of nitrogens with zero attached hydrogens (tertiary/aromatic N) is 2. The van der Waals surface area contributed by atoms with E-state index in [1.54, 1.807) is 32.4 Å². The number of thioether (sulfide) groups is 1. The maximum absolute atomic E-state index is 12.3. The van der Waals surface area contributed by atoms with E-state index < -0.39 is 0 Å². The maximum Gasteiger partial charge on any atom is 0.277 e. The number of ether oxygens (including phenoxy) is 2. The lowest BCUT2D eigenvalue weighted by Gasteiger charge is -2.07. The Balaban J connectivity index is 1.70. The van der Waals surface area contributed by atoms with Crippen molar-refractivity contribution in [3.63, 3.8) is 0 Å². The Morgan fingerprint density at radius 2 is 1.92 bits per heavy atom. The fourth-order valence-electron chi connectivity index (χ4n) is 2.57. The lowest BCUT2D eigenvalue weighted by Crippen LogP contribution is -2.02. The summed E-state index contributed by atoms with van der Waals surface area (Å²) in [5.74, 6) is 1.79. The van der Waals surface area contributed by atoms with Crippen LogP contribution in [0.1, 0.15) is 21.7 Å². The van der Waals surface area contributed by atoms with Crippen LogP contribution in [0, 0.1) is 13.8 Å². The van der Waals surface area contributed by atoms with E-state index in [-0.39, 0.29) is 11.5 Å². The standard InChI is InChI=1S/C18H19N3O4S/c1-10-7-13(11(2)19-10)14(22)9-26-18-21-20-17(25-18)12-5-6-15(23-3)16(8-12)24-4/h5-8,19H,9H2,1-4H3. The molecule has 3 aromatic rings. The number of aryl methyl sites for hydroxylation is 2. The molecule has 26 heavy (non-hydrogen) atoms. The highest BCUT2D eigenvalue weighted by Gasteiger charge is 2.16. The van der Waals surface area contributed by atoms with Crippen LogP contribution in [-0.4, -0.2) is 40.9 Å². The first-order valence-corrected chi connectivity index (χ1v) is 8.88. The summed E-state index contributed by atoms with van der Waals surface area (Å²) < 4.78 is 16.1. The van der Waals surface area contributed by atoms with E-state index in [0.29, 0.717) is 33.7 Å². The van der Waals surface area contributed by atoms with E-state index in [1.807, 2.05) is 19.9 Å². The summed E-state index contributed by atoms with van der Waals surface area (Å²) in [6.45, 7) is 3.80. The first-order valence-electron chi connectivity index (χ1n) is 7.90. The molecule has 8 heteroatoms. The molecule has 0 aliphatic heterocycles. The van der Waals surface area contributed by atoms with Crippen LogP contribution in [0.4, 0.5) is 0 Å². The van der Waals surface area contributed by atoms with Crippen molar-refractivity contribution >= 4 is 17.5 Å². The quantitative estimate of drug-likeness (QED) is 0.499. The van der Waals surface area contributed by atoms with Gasteiger partial charge >= 0.3 is 0 Å². The van der Waals surface area contributed by atoms with Crippen LogP contribution in [0.25, 0.3) is 11.5 Å². The molecule has 2 heterocycles. The molecule has 0 bridgehead atoms. The van der Waals surface area contributed by atoms with Gasteiger partial charge in [0.2, 0.25) is 5.89 Å². The van der Waals surface area contributed by atoms with E-state index in [1.165, 1.54) is 11.8 Å². The summed E-state index contributed by atoms with van der Waals surface area (Å²) >= 11 is 1.21. The van der Waals surface area contributed by atoms with Crippen molar-refractivity contribution < 1.29 is 18.7 Å². The zero-order valence-electron chi connectivity index (χ0n) is 15.0. The fourth-order valence-corrected chi connectivity index (χ4v) is 3.22. The van der Waals surface area contributed by atoms with Gasteiger partial charge in [0, 0.05) is 22.5 Å². The number of rotatable bonds is 7. The summed E-state index contributed by atoms with van der Waals surface area (Å²) in [6, 6.07) is 7.19. The molecular formula is C18H19N3O4S. The number of nitrogens with one attached hydrogen (secondary N) is 1. The Kier molecular flexibility index (Phi) is 5.32. The average molecular weight is 373 g/mol. The molecule has 136 valence electrons. The summed E-state index contributed by atoms with van der Waals surface area (Å²) in [6.07, 6.45) is 0. The second kappa shape index (κ2) is 7.65. The van der Waals surface area contributed by atoms with Gasteiger partial charge in [-0.3, -0.25) is 4.79 Å². The third kappa shape index (κ3) is 3.75. The average Bonchev–Trinajstić information content (AvgIpc) is 3.25. The Bertz CT molecular complexity index is 932. The van der Waals surface area contributed by atoms with Gasteiger partial charge in [0.05, 0.1) is 20.0 Å². The number of benzene rings is 1. The van der Waals surface area contributed by atoms with E-state index >= 15 is 0 Å². The maximum atomic E-state index is 12.3. The Morgan fingerprint density at radius 1 is 1.15 bits per heavy atom. The van der Waals surface area contributed by atoms with Gasteiger partial charge in [-0.15, -0.1) is 10.2 Å². The molecule has 0 saturated carbocycles. The second-order valence-corrected chi connectivity index (χ2v) is 6.57. The predicted molar refractivity (Wildman–Crippen MR) is 98.2 cm³/mol.